The third kappa shape index (κ3) is 6.29. The van der Waals surface area contributed by atoms with Crippen molar-refractivity contribution in [1.29, 1.82) is 0 Å². The van der Waals surface area contributed by atoms with Crippen LogP contribution in [-0.4, -0.2) is 31.5 Å². The van der Waals surface area contributed by atoms with Gasteiger partial charge < -0.3 is 24.8 Å². The predicted molar refractivity (Wildman–Crippen MR) is 109 cm³/mol. The van der Waals surface area contributed by atoms with Crippen molar-refractivity contribution in [1.82, 2.24) is 5.32 Å². The van der Waals surface area contributed by atoms with Crippen LogP contribution >= 0.6 is 12.2 Å². The molecule has 0 saturated heterocycles. The highest BCUT2D eigenvalue weighted by Gasteiger charge is 2.08. The first-order chi connectivity index (χ1) is 12.6. The Bertz CT molecular complexity index is 737. The van der Waals surface area contributed by atoms with Gasteiger partial charge in [-0.05, 0) is 43.4 Å². The van der Waals surface area contributed by atoms with Gasteiger partial charge in [-0.15, -0.1) is 0 Å². The standard InChI is InChI=1S/C20H24N2O3S/c1-4-12-24-17-9-7-8-16(13-17)22-20(26)21-15(2)14-25-19-11-6-5-10-18(19)23-3/h4-11,13,15H,1,12,14H2,2-3H3,(H2,21,22,26)/t15-/m1/s1. The second kappa shape index (κ2) is 10.3. The van der Waals surface area contributed by atoms with E-state index in [4.69, 9.17) is 26.4 Å². The molecule has 0 aliphatic rings. The number of rotatable bonds is 9. The molecule has 0 heterocycles. The number of methoxy groups -OCH3 is 1. The van der Waals surface area contributed by atoms with Gasteiger partial charge in [0.2, 0.25) is 0 Å². The predicted octanol–water partition coefficient (Wildman–Crippen LogP) is 4.01. The molecule has 26 heavy (non-hydrogen) atoms. The van der Waals surface area contributed by atoms with E-state index in [0.29, 0.717) is 29.8 Å². The fourth-order valence-corrected chi connectivity index (χ4v) is 2.52. The minimum atomic E-state index is 0.0140. The van der Waals surface area contributed by atoms with Gasteiger partial charge in [0.15, 0.2) is 16.6 Å². The molecule has 138 valence electrons. The van der Waals surface area contributed by atoms with E-state index in [-0.39, 0.29) is 6.04 Å². The highest BCUT2D eigenvalue weighted by molar-refractivity contribution is 7.80. The first-order valence-corrected chi connectivity index (χ1v) is 8.70. The number of anilines is 1. The van der Waals surface area contributed by atoms with Crippen LogP contribution in [0.1, 0.15) is 6.92 Å². The smallest absolute Gasteiger partial charge is 0.171 e. The minimum Gasteiger partial charge on any atom is -0.493 e. The average molecular weight is 372 g/mol. The van der Waals surface area contributed by atoms with Crippen molar-refractivity contribution in [3.63, 3.8) is 0 Å². The highest BCUT2D eigenvalue weighted by Crippen LogP contribution is 2.25. The summed E-state index contributed by atoms with van der Waals surface area (Å²) in [7, 11) is 1.62. The number of nitrogens with one attached hydrogen (secondary N) is 2. The lowest BCUT2D eigenvalue weighted by molar-refractivity contribution is 0.270. The van der Waals surface area contributed by atoms with Crippen LogP contribution in [0.4, 0.5) is 5.69 Å². The summed E-state index contributed by atoms with van der Waals surface area (Å²) in [5.74, 6) is 2.16. The van der Waals surface area contributed by atoms with E-state index in [1.807, 2.05) is 55.5 Å². The van der Waals surface area contributed by atoms with Gasteiger partial charge in [-0.3, -0.25) is 0 Å². The number of benzene rings is 2. The van der Waals surface area contributed by atoms with Crippen LogP contribution in [0, 0.1) is 0 Å². The summed E-state index contributed by atoms with van der Waals surface area (Å²) in [6.45, 7) is 6.54. The Labute approximate surface area is 160 Å². The Morgan fingerprint density at radius 2 is 1.92 bits per heavy atom. The summed E-state index contributed by atoms with van der Waals surface area (Å²) in [5, 5.41) is 6.86. The van der Waals surface area contributed by atoms with Crippen molar-refractivity contribution in [2.45, 2.75) is 13.0 Å². The van der Waals surface area contributed by atoms with Crippen molar-refractivity contribution < 1.29 is 14.2 Å². The molecule has 5 nitrogen and oxygen atoms in total. The molecule has 0 aliphatic heterocycles. The van der Waals surface area contributed by atoms with Gasteiger partial charge in [0.05, 0.1) is 13.2 Å². The molecule has 2 rings (SSSR count). The Balaban J connectivity index is 1.82. The van der Waals surface area contributed by atoms with Gasteiger partial charge in [0.1, 0.15) is 19.0 Å². The minimum absolute atomic E-state index is 0.0140. The summed E-state index contributed by atoms with van der Waals surface area (Å²) in [4.78, 5) is 0. The van der Waals surface area contributed by atoms with Gasteiger partial charge in [-0.1, -0.05) is 30.9 Å². The monoisotopic (exact) mass is 372 g/mol. The van der Waals surface area contributed by atoms with Crippen molar-refractivity contribution >= 4 is 23.0 Å². The topological polar surface area (TPSA) is 51.8 Å². The quantitative estimate of drug-likeness (QED) is 0.512. The molecule has 0 bridgehead atoms. The third-order valence-corrected chi connectivity index (χ3v) is 3.62. The molecule has 6 heteroatoms. The van der Waals surface area contributed by atoms with Crippen LogP contribution < -0.4 is 24.8 Å². The van der Waals surface area contributed by atoms with Crippen molar-refractivity contribution in [3.8, 4) is 17.2 Å². The summed E-state index contributed by atoms with van der Waals surface area (Å²) in [6.07, 6.45) is 1.70. The van der Waals surface area contributed by atoms with Gasteiger partial charge in [0, 0.05) is 11.8 Å². The molecule has 2 aromatic rings. The number of para-hydroxylation sites is 2. The van der Waals surface area contributed by atoms with Crippen molar-refractivity contribution in [2.24, 2.45) is 0 Å². The average Bonchev–Trinajstić information content (AvgIpc) is 2.65. The maximum absolute atomic E-state index is 5.80. The van der Waals surface area contributed by atoms with E-state index < -0.39 is 0 Å². The zero-order valence-corrected chi connectivity index (χ0v) is 15.8. The van der Waals surface area contributed by atoms with E-state index in [1.54, 1.807) is 13.2 Å². The van der Waals surface area contributed by atoms with E-state index >= 15 is 0 Å². The molecule has 0 saturated carbocycles. The van der Waals surface area contributed by atoms with Crippen LogP contribution in [0.5, 0.6) is 17.2 Å². The van der Waals surface area contributed by atoms with Crippen LogP contribution in [0.25, 0.3) is 0 Å². The number of hydrogen-bond acceptors (Lipinski definition) is 4. The van der Waals surface area contributed by atoms with Gasteiger partial charge in [-0.2, -0.15) is 0 Å². The number of ether oxygens (including phenoxy) is 3. The molecule has 1 atom stereocenters. The van der Waals surface area contributed by atoms with Gasteiger partial charge in [0.25, 0.3) is 0 Å². The molecular formula is C20H24N2O3S. The summed E-state index contributed by atoms with van der Waals surface area (Å²) in [5.41, 5.74) is 0.849. The third-order valence-electron chi connectivity index (χ3n) is 3.40. The maximum atomic E-state index is 5.80. The lowest BCUT2D eigenvalue weighted by Crippen LogP contribution is -2.39. The highest BCUT2D eigenvalue weighted by atomic mass is 32.1. The van der Waals surface area contributed by atoms with Crippen molar-refractivity contribution in [2.75, 3.05) is 25.6 Å². The Morgan fingerprint density at radius 1 is 1.15 bits per heavy atom. The van der Waals surface area contributed by atoms with Crippen LogP contribution in [0.2, 0.25) is 0 Å². The molecule has 0 amide bonds. The maximum Gasteiger partial charge on any atom is 0.171 e. The second-order valence-corrected chi connectivity index (χ2v) is 6.00. The summed E-state index contributed by atoms with van der Waals surface area (Å²) in [6, 6.07) is 15.1. The Kier molecular flexibility index (Phi) is 7.76. The molecule has 2 aromatic carbocycles. The summed E-state index contributed by atoms with van der Waals surface area (Å²) >= 11 is 5.36. The van der Waals surface area contributed by atoms with Crippen LogP contribution in [0.15, 0.2) is 61.2 Å². The first kappa shape index (κ1) is 19.6. The van der Waals surface area contributed by atoms with Crippen LogP contribution in [-0.2, 0) is 0 Å². The van der Waals surface area contributed by atoms with Gasteiger partial charge >= 0.3 is 0 Å². The normalized spacial score (nSPS) is 11.2. The largest absolute Gasteiger partial charge is 0.493 e. The molecule has 2 N–H and O–H groups in total. The molecule has 0 radical (unpaired) electrons. The van der Waals surface area contributed by atoms with E-state index in [1.165, 1.54) is 0 Å². The lowest BCUT2D eigenvalue weighted by Gasteiger charge is -2.18. The Hall–Kier alpha value is -2.73. The summed E-state index contributed by atoms with van der Waals surface area (Å²) < 4.78 is 16.6. The fourth-order valence-electron chi connectivity index (χ4n) is 2.20. The molecule has 0 aromatic heterocycles. The van der Waals surface area contributed by atoms with Crippen LogP contribution in [0.3, 0.4) is 0 Å². The molecule has 0 spiro atoms. The number of hydrogen-bond donors (Lipinski definition) is 2. The Morgan fingerprint density at radius 3 is 2.65 bits per heavy atom. The van der Waals surface area contributed by atoms with E-state index in [9.17, 15) is 0 Å². The fraction of sp³-hybridized carbons (Fsp3) is 0.250. The molecule has 0 unspecified atom stereocenters. The zero-order chi connectivity index (χ0) is 18.8. The molecule has 0 fully saturated rings. The number of thiocarbonyl (C=S) groups is 1. The second-order valence-electron chi connectivity index (χ2n) is 5.59. The molecular weight excluding hydrogens is 348 g/mol. The zero-order valence-electron chi connectivity index (χ0n) is 15.0. The first-order valence-electron chi connectivity index (χ1n) is 8.29. The van der Waals surface area contributed by atoms with E-state index in [0.717, 1.165) is 11.4 Å². The van der Waals surface area contributed by atoms with E-state index in [2.05, 4.69) is 17.2 Å². The molecule has 0 aliphatic carbocycles. The lowest BCUT2D eigenvalue weighted by atomic mass is 10.3. The van der Waals surface area contributed by atoms with Crippen molar-refractivity contribution in [3.05, 3.63) is 61.2 Å². The SMILES string of the molecule is C=CCOc1cccc(NC(=S)N[C@H](C)COc2ccccc2OC)c1. The van der Waals surface area contributed by atoms with Gasteiger partial charge in [-0.25, -0.2) is 0 Å².